The molecule has 0 unspecified atom stereocenters. The van der Waals surface area contributed by atoms with Crippen molar-refractivity contribution in [1.82, 2.24) is 10.3 Å². The lowest BCUT2D eigenvalue weighted by atomic mass is 10.2. The number of ether oxygens (including phenoxy) is 1. The van der Waals surface area contributed by atoms with E-state index in [1.807, 2.05) is 30.3 Å². The van der Waals surface area contributed by atoms with E-state index in [0.29, 0.717) is 17.0 Å². The van der Waals surface area contributed by atoms with Gasteiger partial charge in [-0.25, -0.2) is 0 Å². The first-order valence-corrected chi connectivity index (χ1v) is 8.71. The van der Waals surface area contributed by atoms with Crippen molar-refractivity contribution in [1.29, 1.82) is 0 Å². The molecule has 0 saturated heterocycles. The number of nitrogens with zero attached hydrogens (tertiary/aromatic N) is 1. The first kappa shape index (κ1) is 18.9. The van der Waals surface area contributed by atoms with E-state index in [-0.39, 0.29) is 25.0 Å². The Hall–Kier alpha value is -3.85. The standard InChI is InChI=1S/C22H19N3O3/c1-16(26)25-19-11-9-18(10-12-19)22(27)24-13-2-3-15-28-20-8-4-6-17-7-5-14-23-21(17)20/h4-12,14H,13,15H2,1H3,(H,24,27)(H,25,26). The van der Waals surface area contributed by atoms with Crippen molar-refractivity contribution in [2.45, 2.75) is 6.92 Å². The highest BCUT2D eigenvalue weighted by Gasteiger charge is 2.04. The van der Waals surface area contributed by atoms with Crippen LogP contribution in [0.4, 0.5) is 5.69 Å². The molecule has 0 fully saturated rings. The van der Waals surface area contributed by atoms with Crippen LogP contribution in [0, 0.1) is 11.8 Å². The van der Waals surface area contributed by atoms with Crippen LogP contribution in [-0.4, -0.2) is 29.9 Å². The summed E-state index contributed by atoms with van der Waals surface area (Å²) in [5, 5.41) is 6.37. The summed E-state index contributed by atoms with van der Waals surface area (Å²) >= 11 is 0. The molecule has 1 heterocycles. The van der Waals surface area contributed by atoms with Crippen LogP contribution >= 0.6 is 0 Å². The fourth-order valence-electron chi connectivity index (χ4n) is 2.55. The number of aromatic nitrogens is 1. The third-order valence-corrected chi connectivity index (χ3v) is 3.83. The molecule has 1 aromatic heterocycles. The van der Waals surface area contributed by atoms with E-state index < -0.39 is 0 Å². The summed E-state index contributed by atoms with van der Waals surface area (Å²) in [6, 6.07) is 16.2. The van der Waals surface area contributed by atoms with Gasteiger partial charge in [-0.05, 0) is 36.4 Å². The molecule has 28 heavy (non-hydrogen) atoms. The zero-order valence-corrected chi connectivity index (χ0v) is 15.4. The van der Waals surface area contributed by atoms with Gasteiger partial charge >= 0.3 is 0 Å². The molecule has 0 aliphatic heterocycles. The molecule has 6 nitrogen and oxygen atoms in total. The molecule has 0 bridgehead atoms. The largest absolute Gasteiger partial charge is 0.479 e. The minimum Gasteiger partial charge on any atom is -0.479 e. The molecule has 2 aromatic carbocycles. The summed E-state index contributed by atoms with van der Waals surface area (Å²) in [6.45, 7) is 1.85. The van der Waals surface area contributed by atoms with Crippen molar-refractivity contribution in [2.24, 2.45) is 0 Å². The SMILES string of the molecule is CC(=O)Nc1ccc(C(=O)NCC#CCOc2cccc3cccnc23)cc1. The second-order valence-corrected chi connectivity index (χ2v) is 5.91. The number of hydrogen-bond donors (Lipinski definition) is 2. The normalized spacial score (nSPS) is 9.89. The molecule has 6 heteroatoms. The second kappa shape index (κ2) is 9.19. The van der Waals surface area contributed by atoms with Crippen molar-refractivity contribution >= 4 is 28.4 Å². The number of benzene rings is 2. The topological polar surface area (TPSA) is 80.3 Å². The van der Waals surface area contributed by atoms with E-state index in [9.17, 15) is 9.59 Å². The predicted octanol–water partition coefficient (Wildman–Crippen LogP) is 3.01. The first-order valence-electron chi connectivity index (χ1n) is 8.71. The minimum absolute atomic E-state index is 0.158. The molecule has 3 rings (SSSR count). The number of nitrogens with one attached hydrogen (secondary N) is 2. The fourth-order valence-corrected chi connectivity index (χ4v) is 2.55. The number of pyridine rings is 1. The van der Waals surface area contributed by atoms with Crippen LogP contribution in [-0.2, 0) is 4.79 Å². The Bertz CT molecular complexity index is 1040. The molecule has 0 aliphatic rings. The third kappa shape index (κ3) is 5.08. The molecule has 0 saturated carbocycles. The Labute approximate surface area is 162 Å². The lowest BCUT2D eigenvalue weighted by molar-refractivity contribution is -0.114. The smallest absolute Gasteiger partial charge is 0.252 e. The summed E-state index contributed by atoms with van der Waals surface area (Å²) < 4.78 is 5.67. The number of para-hydroxylation sites is 1. The van der Waals surface area contributed by atoms with Crippen LogP contribution in [0.15, 0.2) is 60.8 Å². The monoisotopic (exact) mass is 373 g/mol. The van der Waals surface area contributed by atoms with Gasteiger partial charge in [0.25, 0.3) is 5.91 Å². The number of anilines is 1. The van der Waals surface area contributed by atoms with Gasteiger partial charge < -0.3 is 15.4 Å². The highest BCUT2D eigenvalue weighted by atomic mass is 16.5. The molecule has 0 spiro atoms. The van der Waals surface area contributed by atoms with Gasteiger partial charge in [0.05, 0.1) is 6.54 Å². The Kier molecular flexibility index (Phi) is 6.21. The van der Waals surface area contributed by atoms with E-state index >= 15 is 0 Å². The molecule has 0 aliphatic carbocycles. The molecular weight excluding hydrogens is 354 g/mol. The Morgan fingerprint density at radius 1 is 1.04 bits per heavy atom. The molecule has 0 radical (unpaired) electrons. The van der Waals surface area contributed by atoms with E-state index in [1.54, 1.807) is 30.5 Å². The number of rotatable bonds is 5. The van der Waals surface area contributed by atoms with E-state index in [4.69, 9.17) is 4.74 Å². The van der Waals surface area contributed by atoms with Gasteiger partial charge in [0.2, 0.25) is 5.91 Å². The summed E-state index contributed by atoms with van der Waals surface area (Å²) in [4.78, 5) is 27.4. The average molecular weight is 373 g/mol. The Balaban J connectivity index is 1.47. The van der Waals surface area contributed by atoms with Gasteiger partial charge in [-0.1, -0.05) is 30.0 Å². The van der Waals surface area contributed by atoms with Crippen molar-refractivity contribution < 1.29 is 14.3 Å². The van der Waals surface area contributed by atoms with Crippen molar-refractivity contribution in [2.75, 3.05) is 18.5 Å². The zero-order valence-electron chi connectivity index (χ0n) is 15.4. The summed E-state index contributed by atoms with van der Waals surface area (Å²) in [7, 11) is 0. The van der Waals surface area contributed by atoms with Crippen LogP contribution in [0.3, 0.4) is 0 Å². The van der Waals surface area contributed by atoms with Gasteiger partial charge in [0, 0.05) is 29.8 Å². The van der Waals surface area contributed by atoms with Crippen LogP contribution in [0.5, 0.6) is 5.75 Å². The first-order chi connectivity index (χ1) is 13.6. The summed E-state index contributed by atoms with van der Waals surface area (Å²) in [5.74, 6) is 6.02. The molecule has 3 aromatic rings. The highest BCUT2D eigenvalue weighted by molar-refractivity contribution is 5.95. The van der Waals surface area contributed by atoms with E-state index in [0.717, 1.165) is 10.9 Å². The predicted molar refractivity (Wildman–Crippen MR) is 108 cm³/mol. The quantitative estimate of drug-likeness (QED) is 0.674. The fraction of sp³-hybridized carbons (Fsp3) is 0.136. The van der Waals surface area contributed by atoms with Gasteiger partial charge in [-0.3, -0.25) is 14.6 Å². The Morgan fingerprint density at radius 3 is 2.61 bits per heavy atom. The lowest BCUT2D eigenvalue weighted by Crippen LogP contribution is -2.23. The molecular formula is C22H19N3O3. The summed E-state index contributed by atoms with van der Waals surface area (Å²) in [5.41, 5.74) is 1.93. The van der Waals surface area contributed by atoms with Crippen LogP contribution < -0.4 is 15.4 Å². The molecule has 2 amide bonds. The number of carbonyl (C=O) groups excluding carboxylic acids is 2. The second-order valence-electron chi connectivity index (χ2n) is 5.91. The maximum absolute atomic E-state index is 12.1. The zero-order chi connectivity index (χ0) is 19.8. The van der Waals surface area contributed by atoms with Crippen molar-refractivity contribution in [3.8, 4) is 17.6 Å². The number of hydrogen-bond acceptors (Lipinski definition) is 4. The van der Waals surface area contributed by atoms with Crippen molar-refractivity contribution in [3.05, 3.63) is 66.4 Å². The number of amides is 2. The van der Waals surface area contributed by atoms with Crippen LogP contribution in [0.1, 0.15) is 17.3 Å². The Morgan fingerprint density at radius 2 is 1.82 bits per heavy atom. The lowest BCUT2D eigenvalue weighted by Gasteiger charge is -2.05. The average Bonchev–Trinajstić information content (AvgIpc) is 2.70. The van der Waals surface area contributed by atoms with Gasteiger partial charge in [0.15, 0.2) is 0 Å². The van der Waals surface area contributed by atoms with Crippen LogP contribution in [0.2, 0.25) is 0 Å². The maximum atomic E-state index is 12.1. The molecule has 0 atom stereocenters. The number of fused-ring (bicyclic) bond motifs is 1. The minimum atomic E-state index is -0.233. The van der Waals surface area contributed by atoms with Gasteiger partial charge in [0.1, 0.15) is 17.9 Å². The summed E-state index contributed by atoms with van der Waals surface area (Å²) in [6.07, 6.45) is 1.72. The van der Waals surface area contributed by atoms with Crippen molar-refractivity contribution in [3.63, 3.8) is 0 Å². The molecule has 2 N–H and O–H groups in total. The van der Waals surface area contributed by atoms with Gasteiger partial charge in [-0.15, -0.1) is 0 Å². The van der Waals surface area contributed by atoms with Gasteiger partial charge in [-0.2, -0.15) is 0 Å². The molecule has 140 valence electrons. The third-order valence-electron chi connectivity index (χ3n) is 3.83. The number of carbonyl (C=O) groups is 2. The van der Waals surface area contributed by atoms with Crippen LogP contribution in [0.25, 0.3) is 10.9 Å². The maximum Gasteiger partial charge on any atom is 0.252 e. The van der Waals surface area contributed by atoms with E-state index in [1.165, 1.54) is 6.92 Å². The highest BCUT2D eigenvalue weighted by Crippen LogP contribution is 2.22. The van der Waals surface area contributed by atoms with E-state index in [2.05, 4.69) is 27.5 Å².